The minimum Gasteiger partial charge on any atom is -0.494 e. The van der Waals surface area contributed by atoms with E-state index in [0.29, 0.717) is 19.2 Å². The first-order valence-electron chi connectivity index (χ1n) is 6.83. The van der Waals surface area contributed by atoms with Gasteiger partial charge in [0, 0.05) is 32.3 Å². The van der Waals surface area contributed by atoms with Gasteiger partial charge in [-0.2, -0.15) is 0 Å². The average molecular weight is 284 g/mol. The first kappa shape index (κ1) is 16.9. The molecular formula is C15H25FN2O2. The van der Waals surface area contributed by atoms with E-state index >= 15 is 0 Å². The molecule has 114 valence electrons. The van der Waals surface area contributed by atoms with Crippen LogP contribution in [-0.4, -0.2) is 44.9 Å². The Morgan fingerprint density at radius 3 is 2.45 bits per heavy atom. The van der Waals surface area contributed by atoms with Crippen molar-refractivity contribution in [3.63, 3.8) is 0 Å². The lowest BCUT2D eigenvalue weighted by atomic mass is 10.0. The fourth-order valence-corrected chi connectivity index (χ4v) is 2.32. The normalized spacial score (nSPS) is 13.0. The second-order valence-corrected chi connectivity index (χ2v) is 4.97. The predicted octanol–water partition coefficient (Wildman–Crippen LogP) is 2.19. The largest absolute Gasteiger partial charge is 0.494 e. The molecule has 1 rings (SSSR count). The van der Waals surface area contributed by atoms with E-state index in [1.165, 1.54) is 13.2 Å². The van der Waals surface area contributed by atoms with Crippen LogP contribution in [0.2, 0.25) is 0 Å². The topological polar surface area (TPSA) is 47.7 Å². The second kappa shape index (κ2) is 8.19. The Balaban J connectivity index is 3.00. The van der Waals surface area contributed by atoms with E-state index in [1.54, 1.807) is 13.2 Å². The van der Waals surface area contributed by atoms with E-state index in [0.717, 1.165) is 12.1 Å². The van der Waals surface area contributed by atoms with Crippen molar-refractivity contribution in [1.82, 2.24) is 4.90 Å². The first-order chi connectivity index (χ1) is 9.54. The van der Waals surface area contributed by atoms with E-state index < -0.39 is 0 Å². The Bertz CT molecular complexity index is 413. The Morgan fingerprint density at radius 1 is 1.30 bits per heavy atom. The van der Waals surface area contributed by atoms with Crippen LogP contribution in [0, 0.1) is 5.82 Å². The molecule has 0 aliphatic rings. The summed E-state index contributed by atoms with van der Waals surface area (Å²) in [5, 5.41) is 0. The molecule has 0 radical (unpaired) electrons. The summed E-state index contributed by atoms with van der Waals surface area (Å²) in [6.45, 7) is 5.99. The van der Waals surface area contributed by atoms with Crippen LogP contribution < -0.4 is 10.5 Å². The molecule has 2 N–H and O–H groups in total. The van der Waals surface area contributed by atoms with Gasteiger partial charge < -0.3 is 15.2 Å². The molecule has 1 aromatic carbocycles. The Morgan fingerprint density at radius 2 is 2.00 bits per heavy atom. The molecule has 0 saturated heterocycles. The van der Waals surface area contributed by atoms with E-state index in [9.17, 15) is 4.39 Å². The zero-order valence-corrected chi connectivity index (χ0v) is 12.7. The van der Waals surface area contributed by atoms with Gasteiger partial charge in [-0.15, -0.1) is 0 Å². The third-order valence-corrected chi connectivity index (χ3v) is 3.40. The number of hydrogen-bond acceptors (Lipinski definition) is 4. The van der Waals surface area contributed by atoms with Crippen molar-refractivity contribution in [2.24, 2.45) is 5.73 Å². The average Bonchev–Trinajstić information content (AvgIpc) is 2.43. The van der Waals surface area contributed by atoms with Gasteiger partial charge in [-0.05, 0) is 31.5 Å². The highest BCUT2D eigenvalue weighted by atomic mass is 19.1. The van der Waals surface area contributed by atoms with E-state index in [4.69, 9.17) is 15.2 Å². The van der Waals surface area contributed by atoms with Crippen LogP contribution in [-0.2, 0) is 4.74 Å². The summed E-state index contributed by atoms with van der Waals surface area (Å²) in [4.78, 5) is 2.21. The lowest BCUT2D eigenvalue weighted by Gasteiger charge is -2.34. The highest BCUT2D eigenvalue weighted by Gasteiger charge is 2.22. The van der Waals surface area contributed by atoms with Gasteiger partial charge in [0.25, 0.3) is 0 Å². The van der Waals surface area contributed by atoms with Crippen LogP contribution in [0.1, 0.15) is 25.5 Å². The molecule has 0 spiro atoms. The van der Waals surface area contributed by atoms with Crippen LogP contribution in [0.25, 0.3) is 0 Å². The van der Waals surface area contributed by atoms with E-state index in [-0.39, 0.29) is 17.6 Å². The SMILES string of the molecule is COCCN(C(C)C)C(CN)c1ccc(OC)c(F)c1. The standard InChI is InChI=1S/C15H25FN2O2/c1-11(2)18(7-8-19-3)14(10-17)12-5-6-15(20-4)13(16)9-12/h5-6,9,11,14H,7-8,10,17H2,1-4H3. The molecule has 1 unspecified atom stereocenters. The van der Waals surface area contributed by atoms with Crippen molar-refractivity contribution >= 4 is 0 Å². The number of halogens is 1. The Hall–Kier alpha value is -1.17. The summed E-state index contributed by atoms with van der Waals surface area (Å²) < 4.78 is 23.9. The van der Waals surface area contributed by atoms with Gasteiger partial charge in [-0.3, -0.25) is 4.90 Å². The van der Waals surface area contributed by atoms with Crippen molar-refractivity contribution in [2.45, 2.75) is 25.9 Å². The number of hydrogen-bond donors (Lipinski definition) is 1. The third-order valence-electron chi connectivity index (χ3n) is 3.40. The number of nitrogens with zero attached hydrogens (tertiary/aromatic N) is 1. The third kappa shape index (κ3) is 4.16. The molecule has 20 heavy (non-hydrogen) atoms. The fraction of sp³-hybridized carbons (Fsp3) is 0.600. The number of nitrogens with two attached hydrogens (primary N) is 1. The highest BCUT2D eigenvalue weighted by molar-refractivity contribution is 5.31. The van der Waals surface area contributed by atoms with Gasteiger partial charge in [0.1, 0.15) is 0 Å². The number of methoxy groups -OCH3 is 2. The van der Waals surface area contributed by atoms with Gasteiger partial charge in [0.2, 0.25) is 0 Å². The molecule has 0 heterocycles. The molecule has 5 heteroatoms. The Kier molecular flexibility index (Phi) is 6.91. The Labute approximate surface area is 120 Å². The molecule has 0 aliphatic heterocycles. The van der Waals surface area contributed by atoms with Crippen LogP contribution >= 0.6 is 0 Å². The molecule has 4 nitrogen and oxygen atoms in total. The van der Waals surface area contributed by atoms with Crippen LogP contribution in [0.4, 0.5) is 4.39 Å². The molecule has 0 fully saturated rings. The van der Waals surface area contributed by atoms with Crippen molar-refractivity contribution in [1.29, 1.82) is 0 Å². The zero-order valence-electron chi connectivity index (χ0n) is 12.7. The lowest BCUT2D eigenvalue weighted by molar-refractivity contribution is 0.0978. The fourth-order valence-electron chi connectivity index (χ4n) is 2.32. The smallest absolute Gasteiger partial charge is 0.165 e. The minimum atomic E-state index is -0.362. The van der Waals surface area contributed by atoms with Crippen LogP contribution in [0.15, 0.2) is 18.2 Å². The maximum absolute atomic E-state index is 13.9. The van der Waals surface area contributed by atoms with Crippen LogP contribution in [0.5, 0.6) is 5.75 Å². The van der Waals surface area contributed by atoms with Gasteiger partial charge in [0.15, 0.2) is 11.6 Å². The van der Waals surface area contributed by atoms with Crippen molar-refractivity contribution in [3.8, 4) is 5.75 Å². The van der Waals surface area contributed by atoms with E-state index in [1.807, 2.05) is 6.07 Å². The molecule has 0 aliphatic carbocycles. The van der Waals surface area contributed by atoms with Crippen molar-refractivity contribution < 1.29 is 13.9 Å². The predicted molar refractivity (Wildman–Crippen MR) is 78.5 cm³/mol. The zero-order chi connectivity index (χ0) is 15.1. The van der Waals surface area contributed by atoms with Gasteiger partial charge >= 0.3 is 0 Å². The summed E-state index contributed by atoms with van der Waals surface area (Å²) >= 11 is 0. The maximum Gasteiger partial charge on any atom is 0.165 e. The minimum absolute atomic E-state index is 0.0365. The summed E-state index contributed by atoms with van der Waals surface area (Å²) in [6.07, 6.45) is 0. The van der Waals surface area contributed by atoms with Crippen molar-refractivity contribution in [2.75, 3.05) is 33.9 Å². The summed E-state index contributed by atoms with van der Waals surface area (Å²) in [6, 6.07) is 5.26. The molecule has 1 aromatic rings. The highest BCUT2D eigenvalue weighted by Crippen LogP contribution is 2.26. The lowest BCUT2D eigenvalue weighted by Crippen LogP contribution is -2.40. The molecule has 0 saturated carbocycles. The van der Waals surface area contributed by atoms with Gasteiger partial charge in [-0.25, -0.2) is 4.39 Å². The van der Waals surface area contributed by atoms with Crippen molar-refractivity contribution in [3.05, 3.63) is 29.6 Å². The quantitative estimate of drug-likeness (QED) is 0.795. The summed E-state index contributed by atoms with van der Waals surface area (Å²) in [5.41, 5.74) is 6.76. The molecule has 0 aromatic heterocycles. The molecular weight excluding hydrogens is 259 g/mol. The molecule has 1 atom stereocenters. The van der Waals surface area contributed by atoms with E-state index in [2.05, 4.69) is 18.7 Å². The number of rotatable bonds is 8. The van der Waals surface area contributed by atoms with Crippen LogP contribution in [0.3, 0.4) is 0 Å². The molecule has 0 amide bonds. The van der Waals surface area contributed by atoms with Gasteiger partial charge in [0.05, 0.1) is 13.7 Å². The monoisotopic (exact) mass is 284 g/mol. The summed E-state index contributed by atoms with van der Waals surface area (Å²) in [7, 11) is 3.13. The maximum atomic E-state index is 13.9. The number of benzene rings is 1. The molecule has 0 bridgehead atoms. The van der Waals surface area contributed by atoms with Gasteiger partial charge in [-0.1, -0.05) is 6.07 Å². The number of ether oxygens (including phenoxy) is 2. The second-order valence-electron chi connectivity index (χ2n) is 4.97. The summed E-state index contributed by atoms with van der Waals surface area (Å²) in [5.74, 6) is -0.114. The first-order valence-corrected chi connectivity index (χ1v) is 6.83.